The fraction of sp³-hybridized carbons (Fsp3) is 0.417. The van der Waals surface area contributed by atoms with E-state index in [9.17, 15) is 0 Å². The number of thiophene rings is 1. The van der Waals surface area contributed by atoms with E-state index in [2.05, 4.69) is 47.1 Å². The molecule has 2 aromatic heterocycles. The zero-order valence-electron chi connectivity index (χ0n) is 11.0. The van der Waals surface area contributed by atoms with Gasteiger partial charge >= 0.3 is 0 Å². The molecule has 0 aliphatic heterocycles. The van der Waals surface area contributed by atoms with Crippen molar-refractivity contribution in [2.45, 2.75) is 33.7 Å². The number of anilines is 2. The second-order valence-corrected chi connectivity index (χ2v) is 5.76. The van der Waals surface area contributed by atoms with Gasteiger partial charge in [0.1, 0.15) is 5.82 Å². The zero-order valence-corrected chi connectivity index (χ0v) is 11.8. The SMILES string of the molecule is Cc1nc(N)nc(NC(C)c2cc(C)sc2C)n1. The summed E-state index contributed by atoms with van der Waals surface area (Å²) in [4.78, 5) is 14.9. The van der Waals surface area contributed by atoms with Crippen molar-refractivity contribution < 1.29 is 0 Å². The van der Waals surface area contributed by atoms with Gasteiger partial charge in [-0.05, 0) is 39.3 Å². The van der Waals surface area contributed by atoms with Gasteiger partial charge in [0.05, 0.1) is 6.04 Å². The van der Waals surface area contributed by atoms with Crippen molar-refractivity contribution in [3.8, 4) is 0 Å². The number of hydrogen-bond donors (Lipinski definition) is 2. The first kappa shape index (κ1) is 12.8. The lowest BCUT2D eigenvalue weighted by Gasteiger charge is -2.14. The Morgan fingerprint density at radius 3 is 2.50 bits per heavy atom. The van der Waals surface area contributed by atoms with Crippen LogP contribution in [-0.4, -0.2) is 15.0 Å². The highest BCUT2D eigenvalue weighted by Gasteiger charge is 2.12. The second kappa shape index (κ2) is 4.89. The van der Waals surface area contributed by atoms with Crippen LogP contribution in [0.1, 0.15) is 34.1 Å². The Morgan fingerprint density at radius 2 is 1.94 bits per heavy atom. The number of nitrogens with zero attached hydrogens (tertiary/aromatic N) is 3. The lowest BCUT2D eigenvalue weighted by Crippen LogP contribution is -2.12. The van der Waals surface area contributed by atoms with Crippen molar-refractivity contribution in [3.63, 3.8) is 0 Å². The van der Waals surface area contributed by atoms with Gasteiger partial charge in [-0.3, -0.25) is 0 Å². The van der Waals surface area contributed by atoms with E-state index in [-0.39, 0.29) is 12.0 Å². The Balaban J connectivity index is 2.20. The number of nitrogens with two attached hydrogens (primary N) is 1. The van der Waals surface area contributed by atoms with Gasteiger partial charge < -0.3 is 11.1 Å². The highest BCUT2D eigenvalue weighted by molar-refractivity contribution is 7.12. The van der Waals surface area contributed by atoms with Crippen LogP contribution in [0, 0.1) is 20.8 Å². The molecule has 5 nitrogen and oxygen atoms in total. The van der Waals surface area contributed by atoms with Crippen LogP contribution in [0.5, 0.6) is 0 Å². The van der Waals surface area contributed by atoms with E-state index >= 15 is 0 Å². The second-order valence-electron chi connectivity index (χ2n) is 4.30. The highest BCUT2D eigenvalue weighted by atomic mass is 32.1. The molecule has 0 aliphatic carbocycles. The number of nitrogens with one attached hydrogen (secondary N) is 1. The van der Waals surface area contributed by atoms with Gasteiger partial charge in [0.25, 0.3) is 0 Å². The molecule has 2 rings (SSSR count). The normalized spacial score (nSPS) is 12.4. The van der Waals surface area contributed by atoms with Gasteiger partial charge in [0.15, 0.2) is 0 Å². The molecule has 96 valence electrons. The molecule has 6 heteroatoms. The van der Waals surface area contributed by atoms with Crippen LogP contribution in [0.4, 0.5) is 11.9 Å². The molecule has 1 atom stereocenters. The minimum absolute atomic E-state index is 0.149. The standard InChI is InChI=1S/C12H17N5S/c1-6-5-10(8(3)18-6)7(2)14-12-16-9(4)15-11(13)17-12/h5,7H,1-4H3,(H3,13,14,15,16,17). The van der Waals surface area contributed by atoms with Gasteiger partial charge in [-0.25, -0.2) is 0 Å². The van der Waals surface area contributed by atoms with Gasteiger partial charge in [0.2, 0.25) is 11.9 Å². The van der Waals surface area contributed by atoms with Crippen LogP contribution in [0.15, 0.2) is 6.07 Å². The maximum atomic E-state index is 5.61. The van der Waals surface area contributed by atoms with Gasteiger partial charge in [-0.1, -0.05) is 0 Å². The molecule has 2 aromatic rings. The van der Waals surface area contributed by atoms with Crippen molar-refractivity contribution in [2.24, 2.45) is 0 Å². The average molecular weight is 263 g/mol. The quantitative estimate of drug-likeness (QED) is 0.890. The first-order chi connectivity index (χ1) is 8.45. The third kappa shape index (κ3) is 2.76. The summed E-state index contributed by atoms with van der Waals surface area (Å²) in [5.41, 5.74) is 6.88. The fourth-order valence-corrected chi connectivity index (χ4v) is 2.94. The lowest BCUT2D eigenvalue weighted by molar-refractivity contribution is 0.845. The van der Waals surface area contributed by atoms with Crippen LogP contribution < -0.4 is 11.1 Å². The van der Waals surface area contributed by atoms with Crippen LogP contribution >= 0.6 is 11.3 Å². The van der Waals surface area contributed by atoms with E-state index in [1.54, 1.807) is 18.3 Å². The number of aryl methyl sites for hydroxylation is 3. The van der Waals surface area contributed by atoms with Crippen LogP contribution in [0.2, 0.25) is 0 Å². The molecule has 0 aliphatic rings. The van der Waals surface area contributed by atoms with E-state index in [0.717, 1.165) is 0 Å². The lowest BCUT2D eigenvalue weighted by atomic mass is 10.1. The summed E-state index contributed by atoms with van der Waals surface area (Å²) in [7, 11) is 0. The Kier molecular flexibility index (Phi) is 3.47. The summed E-state index contributed by atoms with van der Waals surface area (Å²) in [5.74, 6) is 1.39. The molecule has 18 heavy (non-hydrogen) atoms. The van der Waals surface area contributed by atoms with Crippen molar-refractivity contribution >= 4 is 23.2 Å². The number of nitrogen functional groups attached to an aromatic ring is 1. The predicted molar refractivity (Wildman–Crippen MR) is 74.8 cm³/mol. The van der Waals surface area contributed by atoms with Crippen molar-refractivity contribution in [1.29, 1.82) is 0 Å². The summed E-state index contributed by atoms with van der Waals surface area (Å²) >= 11 is 1.80. The van der Waals surface area contributed by atoms with Crippen LogP contribution in [0.3, 0.4) is 0 Å². The molecule has 0 fully saturated rings. The Morgan fingerprint density at radius 1 is 1.22 bits per heavy atom. The van der Waals surface area contributed by atoms with E-state index in [4.69, 9.17) is 5.73 Å². The molecule has 0 aromatic carbocycles. The smallest absolute Gasteiger partial charge is 0.228 e. The molecule has 0 spiro atoms. The van der Waals surface area contributed by atoms with E-state index < -0.39 is 0 Å². The third-order valence-corrected chi connectivity index (χ3v) is 3.64. The van der Waals surface area contributed by atoms with Crippen molar-refractivity contribution in [1.82, 2.24) is 15.0 Å². The minimum atomic E-state index is 0.149. The Labute approximate surface area is 111 Å². The molecule has 0 bridgehead atoms. The molecule has 2 heterocycles. The molecule has 0 radical (unpaired) electrons. The van der Waals surface area contributed by atoms with Crippen LogP contribution in [0.25, 0.3) is 0 Å². The first-order valence-corrected chi connectivity index (χ1v) is 6.59. The Bertz CT molecular complexity index is 543. The molecular weight excluding hydrogens is 246 g/mol. The summed E-state index contributed by atoms with van der Waals surface area (Å²) < 4.78 is 0. The first-order valence-electron chi connectivity index (χ1n) is 5.77. The summed E-state index contributed by atoms with van der Waals surface area (Å²) in [5, 5.41) is 3.26. The number of aromatic nitrogens is 3. The zero-order chi connectivity index (χ0) is 13.3. The molecule has 3 N–H and O–H groups in total. The minimum Gasteiger partial charge on any atom is -0.368 e. The third-order valence-electron chi connectivity index (χ3n) is 2.66. The largest absolute Gasteiger partial charge is 0.368 e. The number of rotatable bonds is 3. The Hall–Kier alpha value is -1.69. The topological polar surface area (TPSA) is 76.7 Å². The summed E-state index contributed by atoms with van der Waals surface area (Å²) in [6.07, 6.45) is 0. The molecular formula is C12H17N5S. The maximum Gasteiger partial charge on any atom is 0.228 e. The number of hydrogen-bond acceptors (Lipinski definition) is 6. The maximum absolute atomic E-state index is 5.61. The molecule has 1 unspecified atom stereocenters. The van der Waals surface area contributed by atoms with E-state index in [0.29, 0.717) is 11.8 Å². The van der Waals surface area contributed by atoms with E-state index in [1.165, 1.54) is 15.3 Å². The average Bonchev–Trinajstić information content (AvgIpc) is 2.56. The molecule has 0 saturated carbocycles. The van der Waals surface area contributed by atoms with Crippen molar-refractivity contribution in [2.75, 3.05) is 11.1 Å². The highest BCUT2D eigenvalue weighted by Crippen LogP contribution is 2.27. The van der Waals surface area contributed by atoms with Gasteiger partial charge in [-0.2, -0.15) is 15.0 Å². The molecule has 0 amide bonds. The summed E-state index contributed by atoms with van der Waals surface area (Å²) in [6, 6.07) is 2.34. The van der Waals surface area contributed by atoms with E-state index in [1.807, 2.05) is 0 Å². The van der Waals surface area contributed by atoms with Gasteiger partial charge in [-0.15, -0.1) is 11.3 Å². The predicted octanol–water partition coefficient (Wildman–Crippen LogP) is 2.61. The van der Waals surface area contributed by atoms with Crippen molar-refractivity contribution in [3.05, 3.63) is 27.2 Å². The molecule has 0 saturated heterocycles. The summed E-state index contributed by atoms with van der Waals surface area (Å²) in [6.45, 7) is 8.12. The fourth-order valence-electron chi connectivity index (χ4n) is 1.92. The van der Waals surface area contributed by atoms with Gasteiger partial charge in [0, 0.05) is 9.75 Å². The van der Waals surface area contributed by atoms with Crippen LogP contribution in [-0.2, 0) is 0 Å². The monoisotopic (exact) mass is 263 g/mol.